The molecule has 0 saturated heterocycles. The minimum absolute atomic E-state index is 0.451. The Labute approximate surface area is 107 Å². The van der Waals surface area contributed by atoms with Crippen LogP contribution >= 0.6 is 11.8 Å². The fraction of sp³-hybridized carbons (Fsp3) is 0.571. The average Bonchev–Trinajstić information content (AvgIpc) is 3.10. The number of fused-ring (bicyclic) bond motifs is 1. The molecule has 2 atom stereocenters. The number of benzene rings is 1. The normalized spacial score (nSPS) is 24.6. The van der Waals surface area contributed by atoms with E-state index in [-0.39, 0.29) is 0 Å². The Morgan fingerprint density at radius 3 is 2.94 bits per heavy atom. The monoisotopic (exact) mass is 248 g/mol. The lowest BCUT2D eigenvalue weighted by Crippen LogP contribution is -2.40. The lowest BCUT2D eigenvalue weighted by Gasteiger charge is -2.23. The molecule has 2 aliphatic rings. The van der Waals surface area contributed by atoms with Crippen molar-refractivity contribution in [3.63, 3.8) is 0 Å². The van der Waals surface area contributed by atoms with Gasteiger partial charge in [0.1, 0.15) is 0 Å². The summed E-state index contributed by atoms with van der Waals surface area (Å²) in [6, 6.07) is 9.22. The first-order valence-corrected chi connectivity index (χ1v) is 7.55. The van der Waals surface area contributed by atoms with Gasteiger partial charge >= 0.3 is 0 Å². The van der Waals surface area contributed by atoms with Gasteiger partial charge in [0.25, 0.3) is 0 Å². The van der Waals surface area contributed by atoms with Gasteiger partial charge in [0.2, 0.25) is 0 Å². The summed E-state index contributed by atoms with van der Waals surface area (Å²) in [6.45, 7) is 0. The van der Waals surface area contributed by atoms with Crippen LogP contribution in [0.2, 0.25) is 0 Å². The highest BCUT2D eigenvalue weighted by molar-refractivity contribution is 7.99. The molecule has 1 aromatic rings. The molecule has 0 radical (unpaired) electrons. The molecule has 2 unspecified atom stereocenters. The Kier molecular flexibility index (Phi) is 3.41. The molecule has 0 bridgehead atoms. The molecule has 1 aromatic carbocycles. The highest BCUT2D eigenvalue weighted by Gasteiger charge is 2.31. The van der Waals surface area contributed by atoms with Crippen molar-refractivity contribution in [2.45, 2.75) is 42.5 Å². The van der Waals surface area contributed by atoms with Crippen molar-refractivity contribution in [2.24, 2.45) is 11.8 Å². The number of nitrogens with one attached hydrogen (secondary N) is 1. The molecule has 0 spiro atoms. The summed E-state index contributed by atoms with van der Waals surface area (Å²) >= 11 is 1.97. The van der Waals surface area contributed by atoms with Crippen LogP contribution in [0.5, 0.6) is 0 Å². The fourth-order valence-electron chi connectivity index (χ4n) is 2.74. The lowest BCUT2D eigenvalue weighted by molar-refractivity contribution is 0.417. The van der Waals surface area contributed by atoms with Gasteiger partial charge in [0.15, 0.2) is 0 Å². The molecule has 3 N–H and O–H groups in total. The number of hydrogen-bond donors (Lipinski definition) is 2. The van der Waals surface area contributed by atoms with Gasteiger partial charge < -0.3 is 0 Å². The first-order chi connectivity index (χ1) is 8.38. The molecular formula is C14H20N2S. The second-order valence-corrected chi connectivity index (χ2v) is 6.31. The van der Waals surface area contributed by atoms with Crippen LogP contribution < -0.4 is 11.3 Å². The van der Waals surface area contributed by atoms with E-state index in [1.807, 2.05) is 11.8 Å². The number of nitrogens with two attached hydrogens (primary N) is 1. The van der Waals surface area contributed by atoms with Crippen molar-refractivity contribution < 1.29 is 0 Å². The molecule has 1 fully saturated rings. The summed E-state index contributed by atoms with van der Waals surface area (Å²) in [5, 5.41) is 0. The summed E-state index contributed by atoms with van der Waals surface area (Å²) in [7, 11) is 0. The van der Waals surface area contributed by atoms with E-state index in [9.17, 15) is 0 Å². The molecular weight excluding hydrogens is 228 g/mol. The van der Waals surface area contributed by atoms with Gasteiger partial charge in [-0.1, -0.05) is 31.0 Å². The predicted octanol–water partition coefficient (Wildman–Crippen LogP) is 2.90. The molecule has 1 heterocycles. The predicted molar refractivity (Wildman–Crippen MR) is 73.0 cm³/mol. The third-order valence-corrected chi connectivity index (χ3v) is 5.23. The number of hydrazine groups is 1. The highest BCUT2D eigenvalue weighted by Crippen LogP contribution is 2.43. The quantitative estimate of drug-likeness (QED) is 0.621. The van der Waals surface area contributed by atoms with Gasteiger partial charge in [-0.05, 0) is 30.4 Å². The fourth-order valence-corrected chi connectivity index (χ4v) is 4.07. The molecule has 0 aromatic heterocycles. The molecule has 92 valence electrons. The summed E-state index contributed by atoms with van der Waals surface area (Å²) < 4.78 is 0. The van der Waals surface area contributed by atoms with Crippen molar-refractivity contribution in [1.82, 2.24) is 5.43 Å². The zero-order valence-electron chi connectivity index (χ0n) is 10.1. The van der Waals surface area contributed by atoms with E-state index in [2.05, 4.69) is 29.7 Å². The molecule has 3 rings (SSSR count). The van der Waals surface area contributed by atoms with E-state index >= 15 is 0 Å². The van der Waals surface area contributed by atoms with Crippen LogP contribution in [0.25, 0.3) is 0 Å². The van der Waals surface area contributed by atoms with Crippen LogP contribution in [-0.2, 0) is 0 Å². The van der Waals surface area contributed by atoms with Crippen molar-refractivity contribution in [3.8, 4) is 0 Å². The summed E-state index contributed by atoms with van der Waals surface area (Å²) in [5.74, 6) is 8.53. The largest absolute Gasteiger partial charge is 0.271 e. The smallest absolute Gasteiger partial charge is 0.0287 e. The Balaban J connectivity index is 1.69. The molecule has 3 heteroatoms. The molecule has 1 aliphatic heterocycles. The SMILES string of the molecule is NNC(CCC1CC1)C1CSc2ccccc21. The van der Waals surface area contributed by atoms with Crippen LogP contribution in [0, 0.1) is 5.92 Å². The molecule has 0 amide bonds. The molecule has 2 nitrogen and oxygen atoms in total. The van der Waals surface area contributed by atoms with Gasteiger partial charge in [-0.3, -0.25) is 11.3 Å². The van der Waals surface area contributed by atoms with Crippen molar-refractivity contribution >= 4 is 11.8 Å². The van der Waals surface area contributed by atoms with E-state index < -0.39 is 0 Å². The maximum absolute atomic E-state index is 5.76. The first kappa shape index (κ1) is 11.6. The zero-order valence-corrected chi connectivity index (χ0v) is 10.9. The summed E-state index contributed by atoms with van der Waals surface area (Å²) in [6.07, 6.45) is 5.44. The van der Waals surface area contributed by atoms with Gasteiger partial charge in [-0.15, -0.1) is 11.8 Å². The molecule has 1 saturated carbocycles. The highest BCUT2D eigenvalue weighted by atomic mass is 32.2. The van der Waals surface area contributed by atoms with Gasteiger partial charge in [0, 0.05) is 22.6 Å². The van der Waals surface area contributed by atoms with Gasteiger partial charge in [-0.2, -0.15) is 0 Å². The maximum atomic E-state index is 5.76. The third kappa shape index (κ3) is 2.51. The van der Waals surface area contributed by atoms with E-state index in [1.165, 1.54) is 41.9 Å². The van der Waals surface area contributed by atoms with E-state index in [1.54, 1.807) is 0 Å². The van der Waals surface area contributed by atoms with E-state index in [0.29, 0.717) is 12.0 Å². The van der Waals surface area contributed by atoms with Gasteiger partial charge in [-0.25, -0.2) is 0 Å². The minimum atomic E-state index is 0.451. The van der Waals surface area contributed by atoms with E-state index in [0.717, 1.165) is 5.92 Å². The van der Waals surface area contributed by atoms with Crippen LogP contribution in [0.15, 0.2) is 29.2 Å². The van der Waals surface area contributed by atoms with Crippen molar-refractivity contribution in [2.75, 3.05) is 5.75 Å². The van der Waals surface area contributed by atoms with Crippen LogP contribution in [-0.4, -0.2) is 11.8 Å². The molecule has 17 heavy (non-hydrogen) atoms. The second-order valence-electron chi connectivity index (χ2n) is 5.25. The second kappa shape index (κ2) is 5.01. The standard InChI is InChI=1S/C14H20N2S/c15-16-13(8-7-10-5-6-10)12-9-17-14-4-2-1-3-11(12)14/h1-4,10,12-13,16H,5-9,15H2. The topological polar surface area (TPSA) is 38.0 Å². The van der Waals surface area contributed by atoms with Crippen LogP contribution in [0.3, 0.4) is 0 Å². The average molecular weight is 248 g/mol. The van der Waals surface area contributed by atoms with E-state index in [4.69, 9.17) is 5.84 Å². The number of hydrogen-bond acceptors (Lipinski definition) is 3. The minimum Gasteiger partial charge on any atom is -0.271 e. The Hall–Kier alpha value is -0.510. The number of thioether (sulfide) groups is 1. The number of rotatable bonds is 5. The summed E-state index contributed by atoms with van der Waals surface area (Å²) in [5.41, 5.74) is 4.55. The van der Waals surface area contributed by atoms with Crippen molar-refractivity contribution in [3.05, 3.63) is 29.8 Å². The Morgan fingerprint density at radius 2 is 2.18 bits per heavy atom. The van der Waals surface area contributed by atoms with Crippen molar-refractivity contribution in [1.29, 1.82) is 0 Å². The molecule has 1 aliphatic carbocycles. The Morgan fingerprint density at radius 1 is 1.35 bits per heavy atom. The Bertz CT molecular complexity index is 390. The third-order valence-electron chi connectivity index (χ3n) is 4.02. The first-order valence-electron chi connectivity index (χ1n) is 6.56. The van der Waals surface area contributed by atoms with Gasteiger partial charge in [0.05, 0.1) is 0 Å². The zero-order chi connectivity index (χ0) is 11.7. The van der Waals surface area contributed by atoms with Crippen LogP contribution in [0.4, 0.5) is 0 Å². The maximum Gasteiger partial charge on any atom is 0.0287 e. The van der Waals surface area contributed by atoms with Crippen LogP contribution in [0.1, 0.15) is 37.2 Å². The lowest BCUT2D eigenvalue weighted by atomic mass is 9.90. The summed E-state index contributed by atoms with van der Waals surface area (Å²) in [4.78, 5) is 1.45.